The molecular weight excluding hydrogens is 445 g/mol. The standard InChI is InChI=1S/C23H15F3O7/c24-23(25,26)14-4-2-1-3-12(14)10-32-22-20(31)19-17(30)8-13(27)9-18(19)33-21(22)11-5-6-15(28)16(29)7-11/h1-9,27-30H,10H2. The van der Waals surface area contributed by atoms with Crippen molar-refractivity contribution in [3.05, 3.63) is 75.9 Å². The number of phenols is 4. The van der Waals surface area contributed by atoms with Gasteiger partial charge in [-0.25, -0.2) is 0 Å². The number of fused-ring (bicyclic) bond motifs is 1. The van der Waals surface area contributed by atoms with E-state index in [9.17, 15) is 38.4 Å². The van der Waals surface area contributed by atoms with E-state index in [1.807, 2.05) is 0 Å². The summed E-state index contributed by atoms with van der Waals surface area (Å²) < 4.78 is 51.1. The maximum atomic E-state index is 13.3. The van der Waals surface area contributed by atoms with Crippen molar-refractivity contribution in [3.8, 4) is 40.1 Å². The van der Waals surface area contributed by atoms with Crippen molar-refractivity contribution < 1.29 is 42.8 Å². The van der Waals surface area contributed by atoms with Gasteiger partial charge in [-0.1, -0.05) is 18.2 Å². The Morgan fingerprint density at radius 3 is 2.30 bits per heavy atom. The Bertz CT molecular complexity index is 1420. The monoisotopic (exact) mass is 460 g/mol. The summed E-state index contributed by atoms with van der Waals surface area (Å²) in [4.78, 5) is 13.1. The minimum Gasteiger partial charge on any atom is -0.508 e. The molecule has 7 nitrogen and oxygen atoms in total. The van der Waals surface area contributed by atoms with Gasteiger partial charge in [-0.15, -0.1) is 0 Å². The zero-order valence-electron chi connectivity index (χ0n) is 16.6. The molecule has 0 saturated carbocycles. The van der Waals surface area contributed by atoms with Crippen LogP contribution in [0.4, 0.5) is 13.2 Å². The van der Waals surface area contributed by atoms with Crippen LogP contribution in [0, 0.1) is 0 Å². The van der Waals surface area contributed by atoms with E-state index < -0.39 is 52.5 Å². The maximum absolute atomic E-state index is 13.3. The number of alkyl halides is 3. The first-order valence-electron chi connectivity index (χ1n) is 9.39. The van der Waals surface area contributed by atoms with Crippen LogP contribution in [0.2, 0.25) is 0 Å². The first-order valence-corrected chi connectivity index (χ1v) is 9.39. The molecule has 0 aliphatic carbocycles. The Labute approximate surface area is 183 Å². The number of benzene rings is 3. The highest BCUT2D eigenvalue weighted by Gasteiger charge is 2.33. The lowest BCUT2D eigenvalue weighted by Gasteiger charge is -2.15. The normalized spacial score (nSPS) is 11.6. The second-order valence-electron chi connectivity index (χ2n) is 7.07. The summed E-state index contributed by atoms with van der Waals surface area (Å²) in [6.07, 6.45) is -4.66. The third kappa shape index (κ3) is 4.10. The summed E-state index contributed by atoms with van der Waals surface area (Å²) in [5.74, 6) is -2.88. The van der Waals surface area contributed by atoms with Crippen molar-refractivity contribution >= 4 is 11.0 Å². The minimum absolute atomic E-state index is 0.0474. The first kappa shape index (κ1) is 21.9. The van der Waals surface area contributed by atoms with Gasteiger partial charge in [-0.05, 0) is 24.3 Å². The summed E-state index contributed by atoms with van der Waals surface area (Å²) in [5, 5.41) is 38.9. The molecule has 170 valence electrons. The van der Waals surface area contributed by atoms with Crippen LogP contribution >= 0.6 is 0 Å². The molecule has 4 rings (SSSR count). The van der Waals surface area contributed by atoms with Gasteiger partial charge in [0.05, 0.1) is 5.56 Å². The lowest BCUT2D eigenvalue weighted by Crippen LogP contribution is -2.14. The maximum Gasteiger partial charge on any atom is 0.416 e. The molecule has 0 amide bonds. The highest BCUT2D eigenvalue weighted by molar-refractivity contribution is 5.88. The van der Waals surface area contributed by atoms with Crippen LogP contribution in [0.3, 0.4) is 0 Å². The fourth-order valence-electron chi connectivity index (χ4n) is 3.33. The van der Waals surface area contributed by atoms with Gasteiger partial charge < -0.3 is 29.6 Å². The molecule has 3 aromatic carbocycles. The second-order valence-corrected chi connectivity index (χ2v) is 7.07. The zero-order valence-corrected chi connectivity index (χ0v) is 16.6. The van der Waals surface area contributed by atoms with Crippen molar-refractivity contribution in [2.24, 2.45) is 0 Å². The minimum atomic E-state index is -4.66. The van der Waals surface area contributed by atoms with Gasteiger partial charge >= 0.3 is 6.18 Å². The predicted molar refractivity (Wildman–Crippen MR) is 110 cm³/mol. The first-order chi connectivity index (χ1) is 15.6. The van der Waals surface area contributed by atoms with Gasteiger partial charge in [0, 0.05) is 23.3 Å². The summed E-state index contributed by atoms with van der Waals surface area (Å²) in [7, 11) is 0. The molecule has 0 atom stereocenters. The van der Waals surface area contributed by atoms with Crippen molar-refractivity contribution in [3.63, 3.8) is 0 Å². The van der Waals surface area contributed by atoms with E-state index in [-0.39, 0.29) is 27.9 Å². The molecule has 4 N–H and O–H groups in total. The van der Waals surface area contributed by atoms with E-state index >= 15 is 0 Å². The number of rotatable bonds is 4. The Morgan fingerprint density at radius 1 is 0.879 bits per heavy atom. The summed E-state index contributed by atoms with van der Waals surface area (Å²) in [6, 6.07) is 10.0. The smallest absolute Gasteiger partial charge is 0.416 e. The van der Waals surface area contributed by atoms with Crippen LogP contribution in [0.25, 0.3) is 22.3 Å². The summed E-state index contributed by atoms with van der Waals surface area (Å²) in [5.41, 5.74) is -2.30. The van der Waals surface area contributed by atoms with E-state index in [2.05, 4.69) is 0 Å². The van der Waals surface area contributed by atoms with Gasteiger partial charge in [0.2, 0.25) is 11.2 Å². The third-order valence-electron chi connectivity index (χ3n) is 4.85. The quantitative estimate of drug-likeness (QED) is 0.320. The average Bonchev–Trinajstić information content (AvgIpc) is 2.74. The zero-order chi connectivity index (χ0) is 23.9. The molecular formula is C23H15F3O7. The molecule has 1 heterocycles. The Balaban J connectivity index is 1.90. The van der Waals surface area contributed by atoms with E-state index in [4.69, 9.17) is 9.15 Å². The van der Waals surface area contributed by atoms with Crippen LogP contribution < -0.4 is 10.2 Å². The van der Waals surface area contributed by atoms with Crippen LogP contribution in [0.5, 0.6) is 28.7 Å². The number of halogens is 3. The molecule has 10 heteroatoms. The van der Waals surface area contributed by atoms with Crippen LogP contribution in [0.15, 0.2) is 63.8 Å². The summed E-state index contributed by atoms with van der Waals surface area (Å²) >= 11 is 0. The van der Waals surface area contributed by atoms with Crippen molar-refractivity contribution in [2.45, 2.75) is 12.8 Å². The molecule has 0 aliphatic heterocycles. The van der Waals surface area contributed by atoms with Gasteiger partial charge in [-0.2, -0.15) is 13.2 Å². The van der Waals surface area contributed by atoms with Gasteiger partial charge in [-0.3, -0.25) is 4.79 Å². The highest BCUT2D eigenvalue weighted by atomic mass is 19.4. The third-order valence-corrected chi connectivity index (χ3v) is 4.85. The molecule has 0 aliphatic rings. The number of hydrogen-bond donors (Lipinski definition) is 4. The average molecular weight is 460 g/mol. The van der Waals surface area contributed by atoms with E-state index in [0.29, 0.717) is 0 Å². The van der Waals surface area contributed by atoms with Gasteiger partial charge in [0.25, 0.3) is 0 Å². The van der Waals surface area contributed by atoms with Crippen LogP contribution in [-0.4, -0.2) is 20.4 Å². The van der Waals surface area contributed by atoms with Crippen LogP contribution in [0.1, 0.15) is 11.1 Å². The van der Waals surface area contributed by atoms with Crippen molar-refractivity contribution in [1.82, 2.24) is 0 Å². The van der Waals surface area contributed by atoms with Crippen LogP contribution in [-0.2, 0) is 12.8 Å². The fourth-order valence-corrected chi connectivity index (χ4v) is 3.33. The number of phenolic OH excluding ortho intramolecular Hbond substituents is 4. The Morgan fingerprint density at radius 2 is 1.61 bits per heavy atom. The molecule has 33 heavy (non-hydrogen) atoms. The largest absolute Gasteiger partial charge is 0.508 e. The SMILES string of the molecule is O=c1c(OCc2ccccc2C(F)(F)F)c(-c2ccc(O)c(O)c2)oc2cc(O)cc(O)c12. The lowest BCUT2D eigenvalue weighted by molar-refractivity contribution is -0.138. The molecule has 0 bridgehead atoms. The number of aromatic hydroxyl groups is 4. The Hall–Kier alpha value is -4.34. The van der Waals surface area contributed by atoms with E-state index in [0.717, 1.165) is 30.3 Å². The second kappa shape index (κ2) is 7.97. The molecule has 1 aromatic heterocycles. The Kier molecular flexibility index (Phi) is 5.28. The fraction of sp³-hybridized carbons (Fsp3) is 0.0870. The topological polar surface area (TPSA) is 120 Å². The predicted octanol–water partition coefficient (Wildman–Crippen LogP) is 4.88. The molecule has 0 radical (unpaired) electrons. The number of hydrogen-bond acceptors (Lipinski definition) is 7. The van der Waals surface area contributed by atoms with E-state index in [1.165, 1.54) is 24.3 Å². The summed E-state index contributed by atoms with van der Waals surface area (Å²) in [6.45, 7) is -0.665. The number of ether oxygens (including phenoxy) is 1. The molecule has 0 saturated heterocycles. The van der Waals surface area contributed by atoms with Crippen molar-refractivity contribution in [1.29, 1.82) is 0 Å². The molecule has 0 spiro atoms. The van der Waals surface area contributed by atoms with E-state index in [1.54, 1.807) is 0 Å². The highest BCUT2D eigenvalue weighted by Crippen LogP contribution is 2.39. The lowest BCUT2D eigenvalue weighted by atomic mass is 10.1. The van der Waals surface area contributed by atoms with Gasteiger partial charge in [0.1, 0.15) is 29.1 Å². The molecule has 4 aromatic rings. The molecule has 0 unspecified atom stereocenters. The van der Waals surface area contributed by atoms with Gasteiger partial charge in [0.15, 0.2) is 17.3 Å². The molecule has 0 fully saturated rings. The van der Waals surface area contributed by atoms with Crippen molar-refractivity contribution in [2.75, 3.05) is 0 Å².